The first-order valence-corrected chi connectivity index (χ1v) is 5.82. The molecule has 0 fully saturated rings. The van der Waals surface area contributed by atoms with E-state index in [1.54, 1.807) is 12.1 Å². The molecule has 88 valence electrons. The molecule has 0 N–H and O–H groups in total. The van der Waals surface area contributed by atoms with Crippen LogP contribution in [0.15, 0.2) is 22.7 Å². The molecule has 0 radical (unpaired) electrons. The van der Waals surface area contributed by atoms with Gasteiger partial charge in [-0.3, -0.25) is 4.79 Å². The number of halogens is 2. The molecule has 0 spiro atoms. The van der Waals surface area contributed by atoms with E-state index in [1.165, 1.54) is 13.0 Å². The van der Waals surface area contributed by atoms with Crippen LogP contribution in [0, 0.1) is 5.82 Å². The molecule has 0 aromatic heterocycles. The summed E-state index contributed by atoms with van der Waals surface area (Å²) in [5.74, 6) is -0.221. The number of carbonyl (C=O) groups is 1. The standard InChI is InChI=1S/C12H15BrFNO/c1-8(16)6-12(15(2)3)10-7-9(13)4-5-11(10)14/h4-5,7,12H,6H2,1-3H3. The molecular formula is C12H15BrFNO. The molecule has 0 aliphatic heterocycles. The molecular weight excluding hydrogens is 273 g/mol. The van der Waals surface area contributed by atoms with Gasteiger partial charge in [-0.2, -0.15) is 0 Å². The normalized spacial score (nSPS) is 12.9. The first-order valence-electron chi connectivity index (χ1n) is 5.02. The van der Waals surface area contributed by atoms with Gasteiger partial charge in [0.1, 0.15) is 11.6 Å². The van der Waals surface area contributed by atoms with Gasteiger partial charge in [-0.25, -0.2) is 4.39 Å². The van der Waals surface area contributed by atoms with Gasteiger partial charge in [-0.15, -0.1) is 0 Å². The van der Waals surface area contributed by atoms with Gasteiger partial charge in [0.25, 0.3) is 0 Å². The zero-order valence-corrected chi connectivity index (χ0v) is 11.2. The van der Waals surface area contributed by atoms with E-state index < -0.39 is 0 Å². The van der Waals surface area contributed by atoms with Crippen molar-refractivity contribution in [3.63, 3.8) is 0 Å². The zero-order valence-electron chi connectivity index (χ0n) is 9.63. The summed E-state index contributed by atoms with van der Waals surface area (Å²) in [6.07, 6.45) is 0.320. The van der Waals surface area contributed by atoms with Crippen LogP contribution in [0.3, 0.4) is 0 Å². The Bertz CT molecular complexity index is 393. The maximum atomic E-state index is 13.7. The fourth-order valence-corrected chi connectivity index (χ4v) is 1.99. The minimum Gasteiger partial charge on any atom is -0.302 e. The Morgan fingerprint density at radius 2 is 2.12 bits per heavy atom. The van der Waals surface area contributed by atoms with Gasteiger partial charge in [-0.05, 0) is 39.2 Å². The SMILES string of the molecule is CC(=O)CC(c1cc(Br)ccc1F)N(C)C. The van der Waals surface area contributed by atoms with Crippen molar-refractivity contribution < 1.29 is 9.18 Å². The van der Waals surface area contributed by atoms with Crippen LogP contribution in [-0.4, -0.2) is 24.8 Å². The highest BCUT2D eigenvalue weighted by atomic mass is 79.9. The van der Waals surface area contributed by atoms with Crippen molar-refractivity contribution in [1.29, 1.82) is 0 Å². The first-order chi connectivity index (χ1) is 7.41. The van der Waals surface area contributed by atoms with Gasteiger partial charge in [0.2, 0.25) is 0 Å². The van der Waals surface area contributed by atoms with Crippen molar-refractivity contribution >= 4 is 21.7 Å². The third kappa shape index (κ3) is 3.39. The van der Waals surface area contributed by atoms with E-state index in [9.17, 15) is 9.18 Å². The smallest absolute Gasteiger partial charge is 0.131 e. The number of hydrogen-bond donors (Lipinski definition) is 0. The Morgan fingerprint density at radius 3 is 2.62 bits per heavy atom. The predicted molar refractivity (Wildman–Crippen MR) is 65.8 cm³/mol. The zero-order chi connectivity index (χ0) is 12.3. The lowest BCUT2D eigenvalue weighted by molar-refractivity contribution is -0.118. The Morgan fingerprint density at radius 1 is 1.50 bits per heavy atom. The number of rotatable bonds is 4. The molecule has 0 aliphatic carbocycles. The molecule has 0 aliphatic rings. The lowest BCUT2D eigenvalue weighted by Gasteiger charge is -2.24. The largest absolute Gasteiger partial charge is 0.302 e. The van der Waals surface area contributed by atoms with Crippen molar-refractivity contribution in [2.75, 3.05) is 14.1 Å². The predicted octanol–water partition coefficient (Wildman–Crippen LogP) is 3.17. The quantitative estimate of drug-likeness (QED) is 0.848. The summed E-state index contributed by atoms with van der Waals surface area (Å²) in [6, 6.07) is 4.58. The highest BCUT2D eigenvalue weighted by molar-refractivity contribution is 9.10. The molecule has 0 bridgehead atoms. The Labute approximate surface area is 104 Å². The molecule has 1 rings (SSSR count). The highest BCUT2D eigenvalue weighted by Crippen LogP contribution is 2.27. The monoisotopic (exact) mass is 287 g/mol. The molecule has 2 nitrogen and oxygen atoms in total. The highest BCUT2D eigenvalue weighted by Gasteiger charge is 2.19. The summed E-state index contributed by atoms with van der Waals surface area (Å²) in [4.78, 5) is 13.0. The van der Waals surface area contributed by atoms with Crippen LogP contribution in [0.25, 0.3) is 0 Å². The van der Waals surface area contributed by atoms with Crippen LogP contribution in [0.5, 0.6) is 0 Å². The molecule has 16 heavy (non-hydrogen) atoms. The molecule has 1 unspecified atom stereocenters. The van der Waals surface area contributed by atoms with Crippen molar-refractivity contribution in [2.45, 2.75) is 19.4 Å². The number of benzene rings is 1. The van der Waals surface area contributed by atoms with E-state index in [4.69, 9.17) is 0 Å². The molecule has 0 heterocycles. The Balaban J connectivity index is 3.09. The van der Waals surface area contributed by atoms with Crippen LogP contribution in [-0.2, 0) is 4.79 Å². The lowest BCUT2D eigenvalue weighted by Crippen LogP contribution is -2.23. The topological polar surface area (TPSA) is 20.3 Å². The van der Waals surface area contributed by atoms with E-state index in [0.29, 0.717) is 12.0 Å². The minimum atomic E-state index is -0.275. The van der Waals surface area contributed by atoms with Crippen molar-refractivity contribution in [3.8, 4) is 0 Å². The average molecular weight is 288 g/mol. The molecule has 1 atom stereocenters. The van der Waals surface area contributed by atoms with E-state index >= 15 is 0 Å². The first kappa shape index (κ1) is 13.3. The molecule has 1 aromatic carbocycles. The van der Waals surface area contributed by atoms with Gasteiger partial charge < -0.3 is 4.90 Å². The van der Waals surface area contributed by atoms with E-state index in [0.717, 1.165) is 4.47 Å². The second-order valence-corrected chi connectivity index (χ2v) is 4.97. The van der Waals surface area contributed by atoms with E-state index in [-0.39, 0.29) is 17.6 Å². The number of ketones is 1. The van der Waals surface area contributed by atoms with Crippen LogP contribution >= 0.6 is 15.9 Å². The van der Waals surface area contributed by atoms with Gasteiger partial charge in [0, 0.05) is 22.5 Å². The second-order valence-electron chi connectivity index (χ2n) is 4.05. The summed E-state index contributed by atoms with van der Waals surface area (Å²) < 4.78 is 14.5. The van der Waals surface area contributed by atoms with Crippen molar-refractivity contribution in [3.05, 3.63) is 34.1 Å². The third-order valence-corrected chi connectivity index (χ3v) is 2.91. The average Bonchev–Trinajstić information content (AvgIpc) is 2.18. The third-order valence-electron chi connectivity index (χ3n) is 2.42. The fraction of sp³-hybridized carbons (Fsp3) is 0.417. The maximum absolute atomic E-state index is 13.7. The molecule has 4 heteroatoms. The van der Waals surface area contributed by atoms with E-state index in [1.807, 2.05) is 19.0 Å². The summed E-state index contributed by atoms with van der Waals surface area (Å²) in [6.45, 7) is 1.52. The van der Waals surface area contributed by atoms with Crippen LogP contribution in [0.2, 0.25) is 0 Å². The summed E-state index contributed by atoms with van der Waals surface area (Å²) >= 11 is 3.31. The minimum absolute atomic E-state index is 0.0538. The molecule has 0 saturated carbocycles. The second kappa shape index (κ2) is 5.55. The van der Waals surface area contributed by atoms with Crippen molar-refractivity contribution in [2.24, 2.45) is 0 Å². The number of nitrogens with zero attached hydrogens (tertiary/aromatic N) is 1. The van der Waals surface area contributed by atoms with Gasteiger partial charge in [0.05, 0.1) is 0 Å². The maximum Gasteiger partial charge on any atom is 0.131 e. The summed E-state index contributed by atoms with van der Waals surface area (Å²) in [7, 11) is 3.68. The molecule has 0 amide bonds. The van der Waals surface area contributed by atoms with Crippen LogP contribution in [0.4, 0.5) is 4.39 Å². The fourth-order valence-electron chi connectivity index (χ4n) is 1.61. The Hall–Kier alpha value is -0.740. The number of hydrogen-bond acceptors (Lipinski definition) is 2. The number of carbonyl (C=O) groups excluding carboxylic acids is 1. The van der Waals surface area contributed by atoms with E-state index in [2.05, 4.69) is 15.9 Å². The van der Waals surface area contributed by atoms with Crippen LogP contribution in [0.1, 0.15) is 24.9 Å². The summed E-state index contributed by atoms with van der Waals surface area (Å²) in [5, 5.41) is 0. The van der Waals surface area contributed by atoms with Crippen LogP contribution < -0.4 is 0 Å². The molecule has 1 aromatic rings. The van der Waals surface area contributed by atoms with Gasteiger partial charge in [0.15, 0.2) is 0 Å². The van der Waals surface area contributed by atoms with Crippen molar-refractivity contribution in [1.82, 2.24) is 4.90 Å². The lowest BCUT2D eigenvalue weighted by atomic mass is 10.0. The van der Waals surface area contributed by atoms with Gasteiger partial charge >= 0.3 is 0 Å². The number of Topliss-reactive ketones (excluding diaryl/α,β-unsaturated/α-hetero) is 1. The summed E-state index contributed by atoms with van der Waals surface area (Å²) in [5.41, 5.74) is 0.551. The molecule has 0 saturated heterocycles. The van der Waals surface area contributed by atoms with Gasteiger partial charge in [-0.1, -0.05) is 15.9 Å². The Kier molecular flexibility index (Phi) is 4.62.